The Kier molecular flexibility index (Phi) is 6.11. The standard InChI is InChI=1S/C17H21F2NO4/c18-17(19)8-5-13(6-9-17)16(23)20-10-7-12-1-3-14(4-2-12)24-11-15(21)22/h1-4,13H,5-11H2,(H,20,23)(H,21,22). The van der Waals surface area contributed by atoms with Gasteiger partial charge in [0.25, 0.3) is 0 Å². The largest absolute Gasteiger partial charge is 0.482 e. The smallest absolute Gasteiger partial charge is 0.341 e. The van der Waals surface area contributed by atoms with Crippen LogP contribution in [0.15, 0.2) is 24.3 Å². The number of nitrogens with one attached hydrogen (secondary N) is 1. The summed E-state index contributed by atoms with van der Waals surface area (Å²) >= 11 is 0. The van der Waals surface area contributed by atoms with E-state index in [9.17, 15) is 18.4 Å². The second-order valence-corrected chi connectivity index (χ2v) is 6.00. The fraction of sp³-hybridized carbons (Fsp3) is 0.529. The molecule has 0 atom stereocenters. The summed E-state index contributed by atoms with van der Waals surface area (Å²) in [5, 5.41) is 11.3. The molecule has 1 saturated carbocycles. The van der Waals surface area contributed by atoms with Gasteiger partial charge >= 0.3 is 5.97 Å². The number of halogens is 2. The second-order valence-electron chi connectivity index (χ2n) is 6.00. The van der Waals surface area contributed by atoms with E-state index in [1.54, 1.807) is 24.3 Å². The lowest BCUT2D eigenvalue weighted by molar-refractivity contribution is -0.139. The van der Waals surface area contributed by atoms with Gasteiger partial charge in [0.15, 0.2) is 6.61 Å². The number of aliphatic carboxylic acids is 1. The van der Waals surface area contributed by atoms with Crippen molar-refractivity contribution in [2.45, 2.75) is 38.0 Å². The van der Waals surface area contributed by atoms with E-state index < -0.39 is 18.5 Å². The zero-order chi connectivity index (χ0) is 17.6. The van der Waals surface area contributed by atoms with Crippen molar-refractivity contribution in [3.05, 3.63) is 29.8 Å². The van der Waals surface area contributed by atoms with Gasteiger partial charge in [-0.1, -0.05) is 12.1 Å². The van der Waals surface area contributed by atoms with Crippen LogP contribution in [0.4, 0.5) is 8.78 Å². The SMILES string of the molecule is O=C(O)COc1ccc(CCNC(=O)C2CCC(F)(F)CC2)cc1. The summed E-state index contributed by atoms with van der Waals surface area (Å²) in [4.78, 5) is 22.4. The molecule has 2 rings (SSSR count). The van der Waals surface area contributed by atoms with E-state index in [2.05, 4.69) is 5.32 Å². The number of amides is 1. The minimum Gasteiger partial charge on any atom is -0.482 e. The normalized spacial score (nSPS) is 17.2. The van der Waals surface area contributed by atoms with Crippen molar-refractivity contribution in [3.63, 3.8) is 0 Å². The summed E-state index contributed by atoms with van der Waals surface area (Å²) in [6.07, 6.45) is 0.627. The molecule has 0 unspecified atom stereocenters. The quantitative estimate of drug-likeness (QED) is 0.799. The molecule has 0 aliphatic heterocycles. The molecule has 1 fully saturated rings. The molecule has 0 spiro atoms. The highest BCUT2D eigenvalue weighted by molar-refractivity contribution is 5.78. The van der Waals surface area contributed by atoms with E-state index in [-0.39, 0.29) is 37.5 Å². The molecule has 0 aromatic heterocycles. The number of hydrogen-bond donors (Lipinski definition) is 2. The highest BCUT2D eigenvalue weighted by Gasteiger charge is 2.37. The summed E-state index contributed by atoms with van der Waals surface area (Å²) in [5.41, 5.74) is 0.966. The molecular formula is C17H21F2NO4. The van der Waals surface area contributed by atoms with Crippen molar-refractivity contribution in [2.24, 2.45) is 5.92 Å². The van der Waals surface area contributed by atoms with Crippen molar-refractivity contribution < 1.29 is 28.2 Å². The van der Waals surface area contributed by atoms with E-state index in [1.165, 1.54) is 0 Å². The highest BCUT2D eigenvalue weighted by Crippen LogP contribution is 2.36. The predicted octanol–water partition coefficient (Wildman–Crippen LogP) is 2.63. The number of hydrogen-bond acceptors (Lipinski definition) is 3. The van der Waals surface area contributed by atoms with E-state index in [1.807, 2.05) is 0 Å². The van der Waals surface area contributed by atoms with Crippen molar-refractivity contribution in [2.75, 3.05) is 13.2 Å². The molecule has 24 heavy (non-hydrogen) atoms. The van der Waals surface area contributed by atoms with Gasteiger partial charge < -0.3 is 15.2 Å². The average molecular weight is 341 g/mol. The Bertz CT molecular complexity index is 564. The lowest BCUT2D eigenvalue weighted by Crippen LogP contribution is -2.36. The number of carboxylic acids is 1. The molecule has 1 aliphatic carbocycles. The first-order valence-electron chi connectivity index (χ1n) is 7.95. The lowest BCUT2D eigenvalue weighted by Gasteiger charge is -2.27. The second kappa shape index (κ2) is 8.08. The minimum atomic E-state index is -2.62. The van der Waals surface area contributed by atoms with Crippen LogP contribution in [0.1, 0.15) is 31.2 Å². The van der Waals surface area contributed by atoms with Crippen LogP contribution in [0, 0.1) is 5.92 Å². The molecule has 1 aromatic rings. The van der Waals surface area contributed by atoms with Gasteiger partial charge in [-0.15, -0.1) is 0 Å². The monoisotopic (exact) mass is 341 g/mol. The summed E-state index contributed by atoms with van der Waals surface area (Å²) in [7, 11) is 0. The number of carbonyl (C=O) groups excluding carboxylic acids is 1. The van der Waals surface area contributed by atoms with Gasteiger partial charge in [0, 0.05) is 25.3 Å². The van der Waals surface area contributed by atoms with Crippen molar-refractivity contribution in [1.29, 1.82) is 0 Å². The first-order valence-corrected chi connectivity index (χ1v) is 7.95. The van der Waals surface area contributed by atoms with E-state index in [4.69, 9.17) is 9.84 Å². The predicted molar refractivity (Wildman–Crippen MR) is 83.2 cm³/mol. The van der Waals surface area contributed by atoms with Crippen LogP contribution in [-0.4, -0.2) is 36.1 Å². The topological polar surface area (TPSA) is 75.6 Å². The van der Waals surface area contributed by atoms with Crippen molar-refractivity contribution in [1.82, 2.24) is 5.32 Å². The molecular weight excluding hydrogens is 320 g/mol. The maximum Gasteiger partial charge on any atom is 0.341 e. The van der Waals surface area contributed by atoms with Crippen LogP contribution in [-0.2, 0) is 16.0 Å². The molecule has 0 bridgehead atoms. The average Bonchev–Trinajstić information content (AvgIpc) is 2.54. The van der Waals surface area contributed by atoms with E-state index in [0.29, 0.717) is 18.7 Å². The van der Waals surface area contributed by atoms with Crippen LogP contribution >= 0.6 is 0 Å². The van der Waals surface area contributed by atoms with Gasteiger partial charge in [0.05, 0.1) is 0 Å². The molecule has 132 valence electrons. The Morgan fingerprint density at radius 3 is 2.42 bits per heavy atom. The maximum absolute atomic E-state index is 13.1. The Hall–Kier alpha value is -2.18. The number of rotatable bonds is 7. The third kappa shape index (κ3) is 5.79. The van der Waals surface area contributed by atoms with Gasteiger partial charge in [-0.2, -0.15) is 0 Å². The number of carbonyl (C=O) groups is 2. The Balaban J connectivity index is 1.70. The molecule has 1 aromatic carbocycles. The molecule has 0 radical (unpaired) electrons. The van der Waals surface area contributed by atoms with E-state index >= 15 is 0 Å². The zero-order valence-corrected chi connectivity index (χ0v) is 13.3. The van der Waals surface area contributed by atoms with Gasteiger partial charge in [-0.05, 0) is 37.0 Å². The zero-order valence-electron chi connectivity index (χ0n) is 13.3. The molecule has 1 amide bonds. The maximum atomic E-state index is 13.1. The summed E-state index contributed by atoms with van der Waals surface area (Å²) in [6, 6.07) is 6.93. The van der Waals surface area contributed by atoms with Gasteiger partial charge in [0.1, 0.15) is 5.75 Å². The molecule has 2 N–H and O–H groups in total. The lowest BCUT2D eigenvalue weighted by atomic mass is 9.86. The number of carboxylic acid groups (broad SMARTS) is 1. The number of benzene rings is 1. The first-order chi connectivity index (χ1) is 11.4. The fourth-order valence-electron chi connectivity index (χ4n) is 2.67. The first kappa shape index (κ1) is 18.2. The third-order valence-electron chi connectivity index (χ3n) is 4.09. The Morgan fingerprint density at radius 2 is 1.83 bits per heavy atom. The van der Waals surface area contributed by atoms with Crippen LogP contribution in [0.5, 0.6) is 5.75 Å². The van der Waals surface area contributed by atoms with Crippen LogP contribution in [0.25, 0.3) is 0 Å². The van der Waals surface area contributed by atoms with Crippen molar-refractivity contribution in [3.8, 4) is 5.75 Å². The summed E-state index contributed by atoms with van der Waals surface area (Å²) in [6.45, 7) is 0.0386. The van der Waals surface area contributed by atoms with Gasteiger partial charge in [-0.3, -0.25) is 4.79 Å². The van der Waals surface area contributed by atoms with E-state index in [0.717, 1.165) is 5.56 Å². The third-order valence-corrected chi connectivity index (χ3v) is 4.09. The van der Waals surface area contributed by atoms with Gasteiger partial charge in [-0.25, -0.2) is 13.6 Å². The fourth-order valence-corrected chi connectivity index (χ4v) is 2.67. The Labute approximate surface area is 139 Å². The molecule has 0 heterocycles. The Morgan fingerprint density at radius 1 is 1.21 bits per heavy atom. The number of ether oxygens (including phenoxy) is 1. The van der Waals surface area contributed by atoms with Crippen LogP contribution < -0.4 is 10.1 Å². The van der Waals surface area contributed by atoms with Crippen LogP contribution in [0.3, 0.4) is 0 Å². The summed E-state index contributed by atoms with van der Waals surface area (Å²) < 4.78 is 31.2. The molecule has 0 saturated heterocycles. The minimum absolute atomic E-state index is 0.160. The molecule has 1 aliphatic rings. The van der Waals surface area contributed by atoms with Crippen molar-refractivity contribution >= 4 is 11.9 Å². The summed E-state index contributed by atoms with van der Waals surface area (Å²) in [5.74, 6) is -3.68. The van der Waals surface area contributed by atoms with Gasteiger partial charge in [0.2, 0.25) is 11.8 Å². The number of alkyl halides is 2. The van der Waals surface area contributed by atoms with Crippen LogP contribution in [0.2, 0.25) is 0 Å². The molecule has 5 nitrogen and oxygen atoms in total. The highest BCUT2D eigenvalue weighted by atomic mass is 19.3. The molecule has 7 heteroatoms.